The lowest BCUT2D eigenvalue weighted by Gasteiger charge is -2.11. The monoisotopic (exact) mass is 564 g/mol. The molecule has 10 nitrogen and oxygen atoms in total. The molecule has 0 radical (unpaired) electrons. The van der Waals surface area contributed by atoms with Crippen molar-refractivity contribution in [3.05, 3.63) is 115 Å². The highest BCUT2D eigenvalue weighted by Crippen LogP contribution is 2.30. The minimum Gasteiger partial charge on any atom is -0.485 e. The van der Waals surface area contributed by atoms with Crippen LogP contribution in [0.4, 0.5) is 5.69 Å². The summed E-state index contributed by atoms with van der Waals surface area (Å²) in [6.45, 7) is 2.88. The Morgan fingerprint density at radius 2 is 1.71 bits per heavy atom. The molecule has 6 rings (SSSR count). The van der Waals surface area contributed by atoms with Crippen molar-refractivity contribution in [3.8, 4) is 28.1 Å². The van der Waals surface area contributed by atoms with Gasteiger partial charge in [0.1, 0.15) is 12.4 Å². The largest absolute Gasteiger partial charge is 0.485 e. The zero-order chi connectivity index (χ0) is 28.4. The molecule has 0 aliphatic carbocycles. The Labute approximate surface area is 235 Å². The number of aliphatic hydroxyl groups is 1. The highest BCUT2D eigenvalue weighted by atomic mass is 32.2. The second-order valence-electron chi connectivity index (χ2n) is 9.18. The van der Waals surface area contributed by atoms with Gasteiger partial charge in [-0.15, -0.1) is 10.2 Å². The van der Waals surface area contributed by atoms with Crippen LogP contribution in [0, 0.1) is 0 Å². The van der Waals surface area contributed by atoms with Crippen LogP contribution in [0.5, 0.6) is 5.75 Å². The van der Waals surface area contributed by atoms with E-state index in [9.17, 15) is 8.42 Å². The number of nitrogens with one attached hydrogen (secondary N) is 1. The van der Waals surface area contributed by atoms with E-state index in [1.807, 2.05) is 66.7 Å². The van der Waals surface area contributed by atoms with Crippen LogP contribution in [0.3, 0.4) is 0 Å². The Hall–Kier alpha value is -5.13. The molecule has 0 aliphatic heterocycles. The first-order valence-electron chi connectivity index (χ1n) is 12.6. The maximum absolute atomic E-state index is 12.3. The molecule has 3 heterocycles. The van der Waals surface area contributed by atoms with Crippen molar-refractivity contribution in [1.29, 1.82) is 0 Å². The predicted molar refractivity (Wildman–Crippen MR) is 156 cm³/mol. The predicted octanol–water partition coefficient (Wildman–Crippen LogP) is 4.83. The van der Waals surface area contributed by atoms with Crippen molar-refractivity contribution in [3.63, 3.8) is 0 Å². The fraction of sp³-hybridized carbons (Fsp3) is 0.0667. The minimum atomic E-state index is -3.90. The van der Waals surface area contributed by atoms with Crippen LogP contribution in [0.25, 0.3) is 38.9 Å². The van der Waals surface area contributed by atoms with Crippen LogP contribution >= 0.6 is 0 Å². The number of fused-ring (bicyclic) bond motifs is 2. The summed E-state index contributed by atoms with van der Waals surface area (Å²) in [6, 6.07) is 28.1. The maximum Gasteiger partial charge on any atom is 0.259 e. The quantitative estimate of drug-likeness (QED) is 0.255. The Balaban J connectivity index is 1.25. The summed E-state index contributed by atoms with van der Waals surface area (Å²) < 4.78 is 34.8. The highest BCUT2D eigenvalue weighted by Gasteiger charge is 2.15. The topological polar surface area (TPSA) is 132 Å². The minimum absolute atomic E-state index is 0.147. The smallest absolute Gasteiger partial charge is 0.259 e. The molecular formula is C30H24N6O4S. The van der Waals surface area contributed by atoms with E-state index in [0.29, 0.717) is 28.4 Å². The molecule has 204 valence electrons. The fourth-order valence-electron chi connectivity index (χ4n) is 4.33. The normalized spacial score (nSPS) is 11.5. The van der Waals surface area contributed by atoms with Crippen molar-refractivity contribution in [2.24, 2.45) is 0 Å². The number of benzene rings is 3. The third-order valence-electron chi connectivity index (χ3n) is 6.46. The van der Waals surface area contributed by atoms with Crippen LogP contribution in [-0.2, 0) is 16.6 Å². The lowest BCUT2D eigenvalue weighted by molar-refractivity contribution is 0.296. The second-order valence-corrected chi connectivity index (χ2v) is 11.0. The zero-order valence-corrected chi connectivity index (χ0v) is 22.5. The third-order valence-corrected chi connectivity index (χ3v) is 7.85. The molecule has 41 heavy (non-hydrogen) atoms. The number of hydrogen-bond acceptors (Lipinski definition) is 8. The van der Waals surface area contributed by atoms with Crippen molar-refractivity contribution in [2.75, 3.05) is 11.3 Å². The van der Waals surface area contributed by atoms with Crippen LogP contribution in [0.1, 0.15) is 5.82 Å². The van der Waals surface area contributed by atoms with Gasteiger partial charge in [0.05, 0.1) is 22.7 Å². The van der Waals surface area contributed by atoms with E-state index in [-0.39, 0.29) is 11.5 Å². The number of aliphatic hydroxyl groups excluding tert-OH is 1. The first-order chi connectivity index (χ1) is 19.9. The standard InChI is InChI=1S/C30H24N6O4S/c1-20(18-37)41(38,39)35-24-9-5-8-22(16-24)23-10-11-25-27(17-23)31-15-14-28(25)40-19-30-33-32-29-13-12-26(34-36(29)30)21-6-3-2-4-7-21/h2-17,35,37H,1,18-19H2. The first kappa shape index (κ1) is 26.1. The summed E-state index contributed by atoms with van der Waals surface area (Å²) in [4.78, 5) is 4.20. The molecule has 3 aromatic heterocycles. The molecule has 6 aromatic rings. The summed E-state index contributed by atoms with van der Waals surface area (Å²) in [6.07, 6.45) is 1.67. The van der Waals surface area contributed by atoms with Crippen LogP contribution in [0.2, 0.25) is 0 Å². The summed E-state index contributed by atoms with van der Waals surface area (Å²) in [5.74, 6) is 1.18. The average Bonchev–Trinajstić information content (AvgIpc) is 3.41. The van der Waals surface area contributed by atoms with Gasteiger partial charge in [-0.3, -0.25) is 9.71 Å². The Morgan fingerprint density at radius 1 is 0.902 bits per heavy atom. The van der Waals surface area contributed by atoms with Crippen molar-refractivity contribution in [2.45, 2.75) is 6.61 Å². The van der Waals surface area contributed by atoms with E-state index < -0.39 is 16.6 Å². The number of sulfonamides is 1. The highest BCUT2D eigenvalue weighted by molar-refractivity contribution is 7.96. The van der Waals surface area contributed by atoms with Gasteiger partial charge < -0.3 is 9.84 Å². The van der Waals surface area contributed by atoms with Gasteiger partial charge in [0, 0.05) is 22.8 Å². The van der Waals surface area contributed by atoms with Gasteiger partial charge in [-0.05, 0) is 53.6 Å². The Kier molecular flexibility index (Phi) is 6.88. The van der Waals surface area contributed by atoms with E-state index in [2.05, 4.69) is 26.5 Å². The molecule has 0 amide bonds. The number of aromatic nitrogens is 5. The Bertz CT molecular complexity index is 2010. The molecule has 11 heteroatoms. The van der Waals surface area contributed by atoms with E-state index in [1.54, 1.807) is 35.0 Å². The number of nitrogens with zero attached hydrogens (tertiary/aromatic N) is 5. The van der Waals surface area contributed by atoms with E-state index in [4.69, 9.17) is 14.9 Å². The summed E-state index contributed by atoms with van der Waals surface area (Å²) in [5, 5.41) is 23.1. The van der Waals surface area contributed by atoms with Gasteiger partial charge in [-0.1, -0.05) is 55.1 Å². The van der Waals surface area contributed by atoms with E-state index in [0.717, 1.165) is 27.8 Å². The number of ether oxygens (including phenoxy) is 1. The Morgan fingerprint density at radius 3 is 2.54 bits per heavy atom. The van der Waals surface area contributed by atoms with Gasteiger partial charge in [0.25, 0.3) is 10.0 Å². The fourth-order valence-corrected chi connectivity index (χ4v) is 5.08. The number of rotatable bonds is 9. The van der Waals surface area contributed by atoms with Crippen LogP contribution < -0.4 is 9.46 Å². The molecule has 0 unspecified atom stereocenters. The molecule has 0 saturated carbocycles. The van der Waals surface area contributed by atoms with Crippen molar-refractivity contribution >= 4 is 32.3 Å². The van der Waals surface area contributed by atoms with Gasteiger partial charge >= 0.3 is 0 Å². The van der Waals surface area contributed by atoms with Gasteiger partial charge in [-0.25, -0.2) is 8.42 Å². The van der Waals surface area contributed by atoms with Crippen molar-refractivity contribution in [1.82, 2.24) is 24.8 Å². The second kappa shape index (κ2) is 10.8. The molecule has 0 aliphatic rings. The number of anilines is 1. The lowest BCUT2D eigenvalue weighted by atomic mass is 10.0. The van der Waals surface area contributed by atoms with Crippen LogP contribution in [-0.4, -0.2) is 44.9 Å². The van der Waals surface area contributed by atoms with Gasteiger partial charge in [0.2, 0.25) is 0 Å². The molecule has 0 bridgehead atoms. The average molecular weight is 565 g/mol. The summed E-state index contributed by atoms with van der Waals surface area (Å²) in [5.41, 5.74) is 5.09. The zero-order valence-electron chi connectivity index (χ0n) is 21.7. The lowest BCUT2D eigenvalue weighted by Crippen LogP contribution is -2.16. The van der Waals surface area contributed by atoms with Gasteiger partial charge in [0.15, 0.2) is 11.5 Å². The molecule has 0 spiro atoms. The van der Waals surface area contributed by atoms with Crippen LogP contribution in [0.15, 0.2) is 109 Å². The summed E-state index contributed by atoms with van der Waals surface area (Å²) >= 11 is 0. The molecular weight excluding hydrogens is 540 g/mol. The maximum atomic E-state index is 12.3. The van der Waals surface area contributed by atoms with E-state index >= 15 is 0 Å². The number of pyridine rings is 1. The molecule has 2 N–H and O–H groups in total. The molecule has 0 atom stereocenters. The SMILES string of the molecule is C=C(CO)S(=O)(=O)Nc1cccc(-c2ccc3c(OCc4nnc5ccc(-c6ccccc6)nn45)ccnc3c2)c1. The van der Waals surface area contributed by atoms with E-state index in [1.165, 1.54) is 0 Å². The number of hydrogen-bond donors (Lipinski definition) is 2. The van der Waals surface area contributed by atoms with Crippen molar-refractivity contribution < 1.29 is 18.3 Å². The molecule has 0 fully saturated rings. The first-order valence-corrected chi connectivity index (χ1v) is 14.1. The molecule has 3 aromatic carbocycles. The van der Waals surface area contributed by atoms with Gasteiger partial charge in [-0.2, -0.15) is 9.61 Å². The third kappa shape index (κ3) is 5.36. The summed E-state index contributed by atoms with van der Waals surface area (Å²) in [7, 11) is -3.90. The molecule has 0 saturated heterocycles.